The summed E-state index contributed by atoms with van der Waals surface area (Å²) < 4.78 is 12.5. The number of unbranched alkanes of at least 4 members (excludes halogenated alkanes) is 16. The van der Waals surface area contributed by atoms with Gasteiger partial charge in [0.1, 0.15) is 27.2 Å². The summed E-state index contributed by atoms with van der Waals surface area (Å²) in [5.41, 5.74) is 1.38. The van der Waals surface area contributed by atoms with Crippen LogP contribution in [0.5, 0.6) is 0 Å². The third kappa shape index (κ3) is 18.1. The first-order chi connectivity index (χ1) is 25.2. The molecular weight excluding hydrogens is 663 g/mol. The predicted molar refractivity (Wildman–Crippen MR) is 228 cm³/mol. The average Bonchev–Trinajstić information content (AvgIpc) is 3.17. The Hall–Kier alpha value is -1.96. The van der Waals surface area contributed by atoms with Crippen molar-refractivity contribution in [3.63, 3.8) is 0 Å². The van der Waals surface area contributed by atoms with E-state index in [0.29, 0.717) is 0 Å². The Kier molecular flexibility index (Phi) is 24.3. The summed E-state index contributed by atoms with van der Waals surface area (Å²) in [6.45, 7) is 4.08. The van der Waals surface area contributed by atoms with E-state index in [2.05, 4.69) is 111 Å². The molecule has 0 unspecified atom stereocenters. The van der Waals surface area contributed by atoms with E-state index in [1.165, 1.54) is 124 Å². The highest BCUT2D eigenvalue weighted by Gasteiger charge is 2.44. The number of ether oxygens (including phenoxy) is 2. The number of benzene rings is 3. The van der Waals surface area contributed by atoms with Gasteiger partial charge in [-0.2, -0.15) is 0 Å². The van der Waals surface area contributed by atoms with Gasteiger partial charge in [0.2, 0.25) is 6.62 Å². The van der Waals surface area contributed by atoms with E-state index >= 15 is 0 Å². The molecule has 3 aromatic rings. The van der Waals surface area contributed by atoms with Gasteiger partial charge in [-0.05, 0) is 99.7 Å². The smallest absolute Gasteiger partial charge is 0.210 e. The standard InChI is InChI=1S/C47H71ClO2P/c1-3-5-7-9-15-19-29-41-49-47(50-42-30-20-16-10-8-6-4-2)36-28-18-14-12-11-13-17-23-31-43-37-39-46(40-38-43)51(48,44-32-24-21-25-33-44)45-34-26-22-27-35-45/h11,13,21-22,24-27,32-35,37-40,47H,3-10,12,14-20,23,28-31,36,41-42H2,1-2H3/q+1/b13-11+. The summed E-state index contributed by atoms with van der Waals surface area (Å²) >= 11 is 7.57. The molecule has 3 aromatic carbocycles. The van der Waals surface area contributed by atoms with Gasteiger partial charge in [-0.25, -0.2) is 0 Å². The van der Waals surface area contributed by atoms with Crippen LogP contribution in [0.1, 0.15) is 154 Å². The van der Waals surface area contributed by atoms with Crippen molar-refractivity contribution in [1.82, 2.24) is 0 Å². The van der Waals surface area contributed by atoms with Gasteiger partial charge >= 0.3 is 0 Å². The zero-order valence-electron chi connectivity index (χ0n) is 32.4. The first-order valence-corrected chi connectivity index (χ1v) is 23.6. The highest BCUT2D eigenvalue weighted by atomic mass is 35.7. The largest absolute Gasteiger partial charge is 0.353 e. The van der Waals surface area contributed by atoms with Crippen LogP contribution in [0, 0.1) is 0 Å². The van der Waals surface area contributed by atoms with Crippen molar-refractivity contribution < 1.29 is 9.47 Å². The van der Waals surface area contributed by atoms with Crippen LogP contribution < -0.4 is 15.9 Å². The lowest BCUT2D eigenvalue weighted by atomic mass is 10.1. The van der Waals surface area contributed by atoms with E-state index in [1.54, 1.807) is 0 Å². The lowest BCUT2D eigenvalue weighted by Gasteiger charge is -2.19. The molecule has 0 fully saturated rings. The van der Waals surface area contributed by atoms with Crippen molar-refractivity contribution in [1.29, 1.82) is 0 Å². The third-order valence-electron chi connectivity index (χ3n) is 9.93. The molecule has 0 N–H and O–H groups in total. The number of allylic oxidation sites excluding steroid dienone is 2. The Morgan fingerprint density at radius 3 is 1.43 bits per heavy atom. The molecule has 0 heterocycles. The van der Waals surface area contributed by atoms with Crippen molar-refractivity contribution >= 4 is 33.8 Å². The summed E-state index contributed by atoms with van der Waals surface area (Å²) in [7, 11) is 0. The molecular formula is C47H71ClO2P+. The normalized spacial score (nSPS) is 12.0. The summed E-state index contributed by atoms with van der Waals surface area (Å²) in [5, 5.41) is 3.63. The van der Waals surface area contributed by atoms with E-state index in [1.807, 2.05) is 0 Å². The van der Waals surface area contributed by atoms with E-state index < -0.39 is 6.62 Å². The van der Waals surface area contributed by atoms with Crippen LogP contribution in [0.4, 0.5) is 0 Å². The molecule has 0 radical (unpaired) electrons. The molecule has 51 heavy (non-hydrogen) atoms. The molecule has 2 nitrogen and oxygen atoms in total. The van der Waals surface area contributed by atoms with Gasteiger partial charge in [-0.3, -0.25) is 0 Å². The van der Waals surface area contributed by atoms with Crippen LogP contribution in [-0.4, -0.2) is 19.5 Å². The zero-order chi connectivity index (χ0) is 36.1. The van der Waals surface area contributed by atoms with Crippen LogP contribution in [0.3, 0.4) is 0 Å². The summed E-state index contributed by atoms with van der Waals surface area (Å²) in [5.74, 6) is 0. The van der Waals surface area contributed by atoms with Gasteiger partial charge in [0.25, 0.3) is 0 Å². The van der Waals surface area contributed by atoms with Crippen molar-refractivity contribution in [2.45, 2.75) is 161 Å². The van der Waals surface area contributed by atoms with Crippen LogP contribution in [0.2, 0.25) is 0 Å². The number of hydrogen-bond acceptors (Lipinski definition) is 2. The molecule has 4 heteroatoms. The summed E-state index contributed by atoms with van der Waals surface area (Å²) in [4.78, 5) is 0. The molecule has 0 atom stereocenters. The molecule has 0 aromatic heterocycles. The molecule has 0 aliphatic carbocycles. The summed E-state index contributed by atoms with van der Waals surface area (Å²) in [6, 6.07) is 30.3. The highest BCUT2D eigenvalue weighted by molar-refractivity contribution is 8.14. The van der Waals surface area contributed by atoms with Crippen LogP contribution in [0.15, 0.2) is 97.1 Å². The SMILES string of the molecule is CCCCCCCCCOC(CCCCC/C=C/CCCc1ccc([P+](Cl)(c2ccccc2)c2ccccc2)cc1)OCCCCCCCCC. The van der Waals surface area contributed by atoms with Crippen molar-refractivity contribution in [3.8, 4) is 0 Å². The maximum atomic E-state index is 7.57. The van der Waals surface area contributed by atoms with E-state index in [4.69, 9.17) is 20.7 Å². The minimum Gasteiger partial charge on any atom is -0.353 e. The highest BCUT2D eigenvalue weighted by Crippen LogP contribution is 2.60. The fourth-order valence-electron chi connectivity index (χ4n) is 6.75. The Morgan fingerprint density at radius 2 is 0.922 bits per heavy atom. The molecule has 0 spiro atoms. The Labute approximate surface area is 319 Å². The fraction of sp³-hybridized carbons (Fsp3) is 0.574. The topological polar surface area (TPSA) is 18.5 Å². The minimum atomic E-state index is -2.18. The van der Waals surface area contributed by atoms with Gasteiger partial charge in [-0.15, -0.1) is 0 Å². The Morgan fingerprint density at radius 1 is 0.490 bits per heavy atom. The summed E-state index contributed by atoms with van der Waals surface area (Å²) in [6.07, 6.45) is 32.5. The first-order valence-electron chi connectivity index (χ1n) is 20.9. The zero-order valence-corrected chi connectivity index (χ0v) is 34.1. The molecule has 0 aliphatic heterocycles. The minimum absolute atomic E-state index is 0.0193. The van der Waals surface area contributed by atoms with Gasteiger partial charge in [0.05, 0.1) is 0 Å². The van der Waals surface area contributed by atoms with Crippen molar-refractivity contribution in [2.24, 2.45) is 0 Å². The number of aryl methyl sites for hydroxylation is 1. The van der Waals surface area contributed by atoms with Gasteiger partial charge in [0.15, 0.2) is 6.29 Å². The molecule has 282 valence electrons. The maximum Gasteiger partial charge on any atom is 0.210 e. The number of hydrogen-bond donors (Lipinski definition) is 0. The van der Waals surface area contributed by atoms with E-state index in [-0.39, 0.29) is 6.29 Å². The van der Waals surface area contributed by atoms with Crippen molar-refractivity contribution in [2.75, 3.05) is 13.2 Å². The average molecular weight is 735 g/mol. The molecule has 0 saturated carbocycles. The molecule has 0 bridgehead atoms. The first kappa shape index (κ1) is 43.4. The maximum absolute atomic E-state index is 7.57. The lowest BCUT2D eigenvalue weighted by Crippen LogP contribution is -2.27. The Balaban J connectivity index is 1.31. The second-order valence-corrected chi connectivity index (χ2v) is 18.6. The number of rotatable bonds is 31. The monoisotopic (exact) mass is 733 g/mol. The van der Waals surface area contributed by atoms with E-state index in [9.17, 15) is 0 Å². The number of halogens is 1. The molecule has 3 rings (SSSR count). The molecule has 0 saturated heterocycles. The van der Waals surface area contributed by atoms with Gasteiger partial charge < -0.3 is 9.47 Å². The lowest BCUT2D eigenvalue weighted by molar-refractivity contribution is -0.148. The quantitative estimate of drug-likeness (QED) is 0.0284. The third-order valence-corrected chi connectivity index (χ3v) is 14.7. The second kappa shape index (κ2) is 28.5. The van der Waals surface area contributed by atoms with Gasteiger partial charge in [0, 0.05) is 13.2 Å². The Bertz CT molecular complexity index is 1190. The van der Waals surface area contributed by atoms with Crippen LogP contribution in [-0.2, 0) is 15.9 Å². The van der Waals surface area contributed by atoms with Gasteiger partial charge in [-0.1, -0.05) is 158 Å². The van der Waals surface area contributed by atoms with E-state index in [0.717, 1.165) is 51.7 Å². The predicted octanol–water partition coefficient (Wildman–Crippen LogP) is 13.8. The van der Waals surface area contributed by atoms with Crippen molar-refractivity contribution in [3.05, 3.63) is 103 Å². The fourth-order valence-corrected chi connectivity index (χ4v) is 10.4. The molecule has 0 aliphatic rings. The second-order valence-electron chi connectivity index (χ2n) is 14.3. The van der Waals surface area contributed by atoms with Crippen LogP contribution >= 0.6 is 17.9 Å². The van der Waals surface area contributed by atoms with Crippen LogP contribution in [0.25, 0.3) is 0 Å². The molecule has 0 amide bonds.